The fraction of sp³-hybridized carbons (Fsp3) is 0.0625. The third kappa shape index (κ3) is 4.31. The molecule has 0 aliphatic heterocycles. The van der Waals surface area contributed by atoms with Gasteiger partial charge in [0.1, 0.15) is 17.1 Å². The minimum Gasteiger partial charge on any atom is -0.510 e. The molecule has 0 heterocycles. The Bertz CT molecular complexity index is 766. The van der Waals surface area contributed by atoms with E-state index in [1.54, 1.807) is 36.4 Å². The van der Waals surface area contributed by atoms with E-state index < -0.39 is 5.91 Å². The summed E-state index contributed by atoms with van der Waals surface area (Å²) in [5, 5.41) is 22.6. The number of nitrogens with zero attached hydrogens (tertiary/aromatic N) is 3. The van der Waals surface area contributed by atoms with Gasteiger partial charge >= 0.3 is 0 Å². The fourth-order valence-electron chi connectivity index (χ4n) is 1.72. The van der Waals surface area contributed by atoms with Crippen molar-refractivity contribution in [1.82, 2.24) is 0 Å². The van der Waals surface area contributed by atoms with Gasteiger partial charge in [-0.25, -0.2) is 0 Å². The molecule has 23 heavy (non-hydrogen) atoms. The van der Waals surface area contributed by atoms with Gasteiger partial charge in [-0.05, 0) is 36.4 Å². The average molecular weight is 310 g/mol. The van der Waals surface area contributed by atoms with Gasteiger partial charge in [0.05, 0.1) is 0 Å². The first-order chi connectivity index (χ1) is 11.1. The van der Waals surface area contributed by atoms with Crippen LogP contribution in [0.5, 0.6) is 0 Å². The third-order valence-corrected chi connectivity index (χ3v) is 2.83. The molecule has 1 amide bonds. The standard InChI is InChI=1S/C16H14N4O3/c1-11(21)15(16(22)17-12-7-3-2-4-8-12)19-18-13-9-5-6-10-14(13)20-23/h2-10,21H,1H3,(H,17,22)/b15-11+,19-18?. The molecule has 0 radical (unpaired) electrons. The molecule has 2 aromatic rings. The highest BCUT2D eigenvalue weighted by molar-refractivity contribution is 6.03. The number of aliphatic hydroxyl groups excluding tert-OH is 1. The van der Waals surface area contributed by atoms with Crippen molar-refractivity contribution >= 4 is 23.0 Å². The molecule has 7 heteroatoms. The summed E-state index contributed by atoms with van der Waals surface area (Å²) in [4.78, 5) is 22.9. The Hall–Kier alpha value is -3.35. The molecule has 0 atom stereocenters. The molecular formula is C16H14N4O3. The highest BCUT2D eigenvalue weighted by Gasteiger charge is 2.13. The van der Waals surface area contributed by atoms with Gasteiger partial charge in [-0.1, -0.05) is 30.3 Å². The number of nitrogens with one attached hydrogen (secondary N) is 1. The normalized spacial score (nSPS) is 11.9. The molecule has 0 aliphatic carbocycles. The number of anilines is 1. The smallest absolute Gasteiger partial charge is 0.279 e. The number of amides is 1. The maximum Gasteiger partial charge on any atom is 0.279 e. The van der Waals surface area contributed by atoms with Crippen molar-refractivity contribution in [1.29, 1.82) is 0 Å². The van der Waals surface area contributed by atoms with Gasteiger partial charge in [0.15, 0.2) is 5.70 Å². The first-order valence-corrected chi connectivity index (χ1v) is 6.72. The highest BCUT2D eigenvalue weighted by Crippen LogP contribution is 2.27. The van der Waals surface area contributed by atoms with Crippen LogP contribution in [-0.4, -0.2) is 11.0 Å². The lowest BCUT2D eigenvalue weighted by Crippen LogP contribution is -2.14. The van der Waals surface area contributed by atoms with Crippen LogP contribution in [0.1, 0.15) is 6.92 Å². The van der Waals surface area contributed by atoms with E-state index in [0.29, 0.717) is 5.69 Å². The van der Waals surface area contributed by atoms with E-state index in [-0.39, 0.29) is 22.8 Å². The van der Waals surface area contributed by atoms with Crippen molar-refractivity contribution in [3.05, 3.63) is 71.0 Å². The molecule has 2 N–H and O–H groups in total. The Balaban J connectivity index is 2.23. The summed E-state index contributed by atoms with van der Waals surface area (Å²) in [6, 6.07) is 15.0. The zero-order chi connectivity index (χ0) is 16.7. The molecule has 7 nitrogen and oxygen atoms in total. The number of allylic oxidation sites excluding steroid dienone is 1. The molecule has 0 aliphatic rings. The number of azo groups is 1. The van der Waals surface area contributed by atoms with Gasteiger partial charge < -0.3 is 10.4 Å². The van der Waals surface area contributed by atoms with E-state index in [9.17, 15) is 14.8 Å². The second-order valence-electron chi connectivity index (χ2n) is 4.53. The number of carbonyl (C=O) groups is 1. The third-order valence-electron chi connectivity index (χ3n) is 2.83. The Kier molecular flexibility index (Phi) is 5.30. The van der Waals surface area contributed by atoms with Crippen LogP contribution in [0.3, 0.4) is 0 Å². The van der Waals surface area contributed by atoms with Crippen molar-refractivity contribution in [2.45, 2.75) is 6.92 Å². The second-order valence-corrected chi connectivity index (χ2v) is 4.53. The Morgan fingerprint density at radius 3 is 2.22 bits per heavy atom. The molecule has 116 valence electrons. The second kappa shape index (κ2) is 7.60. The monoisotopic (exact) mass is 310 g/mol. The van der Waals surface area contributed by atoms with E-state index in [1.807, 2.05) is 6.07 Å². The fourth-order valence-corrected chi connectivity index (χ4v) is 1.72. The van der Waals surface area contributed by atoms with Crippen molar-refractivity contribution in [2.75, 3.05) is 5.32 Å². The number of benzene rings is 2. The molecule has 2 rings (SSSR count). The number of hydrogen-bond acceptors (Lipinski definition) is 6. The Morgan fingerprint density at radius 2 is 1.61 bits per heavy atom. The summed E-state index contributed by atoms with van der Waals surface area (Å²) in [5.74, 6) is -0.907. The van der Waals surface area contributed by atoms with Crippen LogP contribution in [0.2, 0.25) is 0 Å². The Labute approximate surface area is 132 Å². The van der Waals surface area contributed by atoms with Crippen LogP contribution in [0.4, 0.5) is 17.1 Å². The molecule has 0 spiro atoms. The summed E-state index contributed by atoms with van der Waals surface area (Å²) in [7, 11) is 0. The molecule has 0 fully saturated rings. The lowest BCUT2D eigenvalue weighted by atomic mass is 10.3. The molecule has 0 saturated carbocycles. The van der Waals surface area contributed by atoms with Gasteiger partial charge in [-0.2, -0.15) is 0 Å². The summed E-state index contributed by atoms with van der Waals surface area (Å²) in [5.41, 5.74) is 0.597. The van der Waals surface area contributed by atoms with E-state index in [0.717, 1.165) is 0 Å². The molecule has 0 bridgehead atoms. The lowest BCUT2D eigenvalue weighted by Gasteiger charge is -2.05. The molecule has 0 saturated heterocycles. The molecular weight excluding hydrogens is 296 g/mol. The minimum absolute atomic E-state index is 0.0923. The largest absolute Gasteiger partial charge is 0.510 e. The molecule has 2 aromatic carbocycles. The van der Waals surface area contributed by atoms with Crippen molar-refractivity contribution < 1.29 is 9.90 Å². The van der Waals surface area contributed by atoms with Crippen LogP contribution < -0.4 is 5.32 Å². The first kappa shape index (κ1) is 16.0. The quantitative estimate of drug-likeness (QED) is 0.365. The Morgan fingerprint density at radius 1 is 1.00 bits per heavy atom. The first-order valence-electron chi connectivity index (χ1n) is 6.72. The number of nitroso groups, excluding NO2 is 1. The van der Waals surface area contributed by atoms with Crippen LogP contribution in [0, 0.1) is 4.91 Å². The number of para-hydroxylation sites is 1. The molecule has 0 aromatic heterocycles. The maximum atomic E-state index is 12.2. The maximum absolute atomic E-state index is 12.2. The zero-order valence-corrected chi connectivity index (χ0v) is 12.3. The van der Waals surface area contributed by atoms with Crippen LogP contribution >= 0.6 is 0 Å². The summed E-state index contributed by atoms with van der Waals surface area (Å²) < 4.78 is 0. The van der Waals surface area contributed by atoms with Crippen molar-refractivity contribution in [2.24, 2.45) is 15.4 Å². The lowest BCUT2D eigenvalue weighted by molar-refractivity contribution is -0.113. The van der Waals surface area contributed by atoms with Crippen LogP contribution in [-0.2, 0) is 4.79 Å². The molecule has 0 unspecified atom stereocenters. The minimum atomic E-state index is -0.614. The van der Waals surface area contributed by atoms with Gasteiger partial charge in [0, 0.05) is 5.69 Å². The van der Waals surface area contributed by atoms with Crippen LogP contribution in [0.25, 0.3) is 0 Å². The summed E-state index contributed by atoms with van der Waals surface area (Å²) in [6.07, 6.45) is 0. The SMILES string of the molecule is C/C(O)=C(\N=Nc1ccccc1N=O)C(=O)Nc1ccccc1. The van der Waals surface area contributed by atoms with Gasteiger partial charge in [0.25, 0.3) is 5.91 Å². The average Bonchev–Trinajstić information content (AvgIpc) is 2.56. The van der Waals surface area contributed by atoms with Crippen molar-refractivity contribution in [3.8, 4) is 0 Å². The number of aliphatic hydroxyl groups is 1. The van der Waals surface area contributed by atoms with Gasteiger partial charge in [-0.3, -0.25) is 4.79 Å². The van der Waals surface area contributed by atoms with E-state index in [4.69, 9.17) is 0 Å². The predicted octanol–water partition coefficient (Wildman–Crippen LogP) is 4.60. The van der Waals surface area contributed by atoms with Crippen LogP contribution in [0.15, 0.2) is 81.5 Å². The van der Waals surface area contributed by atoms with Crippen molar-refractivity contribution in [3.63, 3.8) is 0 Å². The highest BCUT2D eigenvalue weighted by atomic mass is 16.3. The number of rotatable bonds is 5. The summed E-state index contributed by atoms with van der Waals surface area (Å²) in [6.45, 7) is 1.32. The van der Waals surface area contributed by atoms with E-state index in [2.05, 4.69) is 20.7 Å². The van der Waals surface area contributed by atoms with Gasteiger partial charge in [-0.15, -0.1) is 15.1 Å². The van der Waals surface area contributed by atoms with E-state index in [1.165, 1.54) is 19.1 Å². The summed E-state index contributed by atoms with van der Waals surface area (Å²) >= 11 is 0. The predicted molar refractivity (Wildman–Crippen MR) is 86.8 cm³/mol. The number of carbonyl (C=O) groups excluding carboxylic acids is 1. The number of hydrogen-bond donors (Lipinski definition) is 2. The topological polar surface area (TPSA) is 103 Å². The van der Waals surface area contributed by atoms with Gasteiger partial charge in [0.2, 0.25) is 0 Å². The van der Waals surface area contributed by atoms with E-state index >= 15 is 0 Å². The zero-order valence-electron chi connectivity index (χ0n) is 12.3.